The Morgan fingerprint density at radius 1 is 1.21 bits per heavy atom. The van der Waals surface area contributed by atoms with Crippen molar-refractivity contribution >= 4 is 15.9 Å². The molecule has 106 valence electrons. The average Bonchev–Trinajstić information content (AvgIpc) is 2.40. The molecule has 0 spiro atoms. The van der Waals surface area contributed by atoms with Crippen molar-refractivity contribution in [3.8, 4) is 0 Å². The Morgan fingerprint density at radius 2 is 1.79 bits per heavy atom. The molecule has 19 heavy (non-hydrogen) atoms. The van der Waals surface area contributed by atoms with Crippen LogP contribution in [0.5, 0.6) is 0 Å². The summed E-state index contributed by atoms with van der Waals surface area (Å²) < 4.78 is 7.31. The second-order valence-corrected chi connectivity index (χ2v) is 6.48. The predicted octanol–water partition coefficient (Wildman–Crippen LogP) is 4.19. The number of nitrogens with zero attached hydrogens (tertiary/aromatic N) is 1. The third kappa shape index (κ3) is 3.39. The molecule has 2 nitrogen and oxygen atoms in total. The zero-order chi connectivity index (χ0) is 13.9. The first-order chi connectivity index (χ1) is 9.07. The number of hydrogen-bond acceptors (Lipinski definition) is 2. The van der Waals surface area contributed by atoms with Crippen molar-refractivity contribution in [1.29, 1.82) is 0 Å². The van der Waals surface area contributed by atoms with E-state index >= 15 is 0 Å². The van der Waals surface area contributed by atoms with Crippen molar-refractivity contribution in [3.05, 3.63) is 34.3 Å². The minimum atomic E-state index is -0.0825. The zero-order valence-electron chi connectivity index (χ0n) is 12.2. The standard InChI is InChI=1S/C16H24BrNO/c1-4-19-16(14-5-7-15(17)8-6-14)9-11-18(12-10-16)13(2)3/h5-8,13H,4,9-12H2,1-3H3. The SMILES string of the molecule is CCOC1(c2ccc(Br)cc2)CCN(C(C)C)CC1. The average molecular weight is 326 g/mol. The van der Waals surface area contributed by atoms with Crippen molar-refractivity contribution in [2.24, 2.45) is 0 Å². The number of likely N-dealkylation sites (tertiary alicyclic amines) is 1. The van der Waals surface area contributed by atoms with Gasteiger partial charge in [0.25, 0.3) is 0 Å². The Labute approximate surface area is 125 Å². The fourth-order valence-electron chi connectivity index (χ4n) is 2.95. The summed E-state index contributed by atoms with van der Waals surface area (Å²) in [6.45, 7) is 9.65. The maximum atomic E-state index is 6.18. The third-order valence-corrected chi connectivity index (χ3v) is 4.66. The topological polar surface area (TPSA) is 12.5 Å². The molecule has 0 N–H and O–H groups in total. The van der Waals surface area contributed by atoms with Gasteiger partial charge in [0.15, 0.2) is 0 Å². The smallest absolute Gasteiger partial charge is 0.0955 e. The van der Waals surface area contributed by atoms with Crippen LogP contribution in [0.2, 0.25) is 0 Å². The van der Waals surface area contributed by atoms with Crippen LogP contribution in [-0.2, 0) is 10.3 Å². The van der Waals surface area contributed by atoms with Gasteiger partial charge >= 0.3 is 0 Å². The number of hydrogen-bond donors (Lipinski definition) is 0. The van der Waals surface area contributed by atoms with Crippen molar-refractivity contribution in [3.63, 3.8) is 0 Å². The molecule has 1 aromatic carbocycles. The lowest BCUT2D eigenvalue weighted by Crippen LogP contribution is -2.46. The molecule has 0 aliphatic carbocycles. The van der Waals surface area contributed by atoms with Crippen LogP contribution in [0.25, 0.3) is 0 Å². The fourth-order valence-corrected chi connectivity index (χ4v) is 3.21. The van der Waals surface area contributed by atoms with Gasteiger partial charge in [0.05, 0.1) is 5.60 Å². The van der Waals surface area contributed by atoms with E-state index in [9.17, 15) is 0 Å². The molecule has 1 aliphatic rings. The molecule has 0 amide bonds. The van der Waals surface area contributed by atoms with Gasteiger partial charge in [-0.15, -0.1) is 0 Å². The minimum Gasteiger partial charge on any atom is -0.370 e. The van der Waals surface area contributed by atoms with Gasteiger partial charge in [0.1, 0.15) is 0 Å². The molecule has 0 bridgehead atoms. The summed E-state index contributed by atoms with van der Waals surface area (Å²) >= 11 is 3.51. The normalized spacial score (nSPS) is 19.8. The predicted molar refractivity (Wildman–Crippen MR) is 83.4 cm³/mol. The van der Waals surface area contributed by atoms with Crippen LogP contribution in [0.15, 0.2) is 28.7 Å². The van der Waals surface area contributed by atoms with Crippen LogP contribution in [0, 0.1) is 0 Å². The summed E-state index contributed by atoms with van der Waals surface area (Å²) in [5.74, 6) is 0. The second kappa shape index (κ2) is 6.38. The third-order valence-electron chi connectivity index (χ3n) is 4.13. The molecule has 2 rings (SSSR count). The number of ether oxygens (including phenoxy) is 1. The number of piperidine rings is 1. The number of rotatable bonds is 4. The van der Waals surface area contributed by atoms with Crippen molar-refractivity contribution in [1.82, 2.24) is 4.90 Å². The quantitative estimate of drug-likeness (QED) is 0.823. The van der Waals surface area contributed by atoms with Crippen molar-refractivity contribution in [2.45, 2.75) is 45.3 Å². The fraction of sp³-hybridized carbons (Fsp3) is 0.625. The summed E-state index contributed by atoms with van der Waals surface area (Å²) in [5.41, 5.74) is 1.24. The summed E-state index contributed by atoms with van der Waals surface area (Å²) in [6.07, 6.45) is 2.17. The molecular weight excluding hydrogens is 302 g/mol. The lowest BCUT2D eigenvalue weighted by molar-refractivity contribution is -0.0886. The molecule has 1 aromatic rings. The van der Waals surface area contributed by atoms with E-state index in [0.717, 1.165) is 37.0 Å². The Hall–Kier alpha value is -0.380. The maximum Gasteiger partial charge on any atom is 0.0955 e. The lowest BCUT2D eigenvalue weighted by Gasteiger charge is -2.43. The summed E-state index contributed by atoms with van der Waals surface area (Å²) in [4.78, 5) is 2.54. The molecule has 3 heteroatoms. The largest absolute Gasteiger partial charge is 0.370 e. The molecule has 1 saturated heterocycles. The summed E-state index contributed by atoms with van der Waals surface area (Å²) in [5, 5.41) is 0. The number of halogens is 1. The van der Waals surface area contributed by atoms with Crippen LogP contribution in [0.4, 0.5) is 0 Å². The van der Waals surface area contributed by atoms with Gasteiger partial charge in [-0.3, -0.25) is 0 Å². The Kier molecular flexibility index (Phi) is 5.04. The summed E-state index contributed by atoms with van der Waals surface area (Å²) in [6, 6.07) is 9.26. The molecule has 0 saturated carbocycles. The highest BCUT2D eigenvalue weighted by molar-refractivity contribution is 9.10. The molecule has 0 aromatic heterocycles. The van der Waals surface area contributed by atoms with Gasteiger partial charge < -0.3 is 9.64 Å². The van der Waals surface area contributed by atoms with Gasteiger partial charge in [-0.1, -0.05) is 28.1 Å². The van der Waals surface area contributed by atoms with E-state index in [0.29, 0.717) is 6.04 Å². The molecule has 0 atom stereocenters. The van der Waals surface area contributed by atoms with Crippen LogP contribution in [0.3, 0.4) is 0 Å². The first-order valence-electron chi connectivity index (χ1n) is 7.21. The van der Waals surface area contributed by atoms with Gasteiger partial charge in [0, 0.05) is 30.2 Å². The van der Waals surface area contributed by atoms with Crippen LogP contribution in [0.1, 0.15) is 39.2 Å². The van der Waals surface area contributed by atoms with E-state index in [1.54, 1.807) is 0 Å². The molecule has 1 fully saturated rings. The summed E-state index contributed by atoms with van der Waals surface area (Å²) in [7, 11) is 0. The van der Waals surface area contributed by atoms with Crippen LogP contribution < -0.4 is 0 Å². The van der Waals surface area contributed by atoms with E-state index < -0.39 is 0 Å². The second-order valence-electron chi connectivity index (χ2n) is 5.56. The van der Waals surface area contributed by atoms with Gasteiger partial charge in [-0.2, -0.15) is 0 Å². The first kappa shape index (κ1) is 15.0. The molecule has 1 heterocycles. The van der Waals surface area contributed by atoms with Gasteiger partial charge in [-0.05, 0) is 51.3 Å². The van der Waals surface area contributed by atoms with Crippen LogP contribution in [-0.4, -0.2) is 30.6 Å². The van der Waals surface area contributed by atoms with Crippen molar-refractivity contribution < 1.29 is 4.74 Å². The van der Waals surface area contributed by atoms with E-state index in [4.69, 9.17) is 4.74 Å². The van der Waals surface area contributed by atoms with E-state index in [1.807, 2.05) is 0 Å². The van der Waals surface area contributed by atoms with Crippen molar-refractivity contribution in [2.75, 3.05) is 19.7 Å². The number of benzene rings is 1. The zero-order valence-corrected chi connectivity index (χ0v) is 13.7. The van der Waals surface area contributed by atoms with E-state index in [1.165, 1.54) is 5.56 Å². The minimum absolute atomic E-state index is 0.0825. The Morgan fingerprint density at radius 3 is 2.26 bits per heavy atom. The highest BCUT2D eigenvalue weighted by atomic mass is 79.9. The molecule has 0 radical (unpaired) electrons. The maximum absolute atomic E-state index is 6.18. The molecule has 1 aliphatic heterocycles. The highest BCUT2D eigenvalue weighted by Gasteiger charge is 2.37. The van der Waals surface area contributed by atoms with E-state index in [-0.39, 0.29) is 5.60 Å². The monoisotopic (exact) mass is 325 g/mol. The van der Waals surface area contributed by atoms with Gasteiger partial charge in [0.2, 0.25) is 0 Å². The molecule has 0 unspecified atom stereocenters. The molecular formula is C16H24BrNO. The van der Waals surface area contributed by atoms with Gasteiger partial charge in [-0.25, -0.2) is 0 Å². The lowest BCUT2D eigenvalue weighted by atomic mass is 9.83. The van der Waals surface area contributed by atoms with Crippen LogP contribution >= 0.6 is 15.9 Å². The highest BCUT2D eigenvalue weighted by Crippen LogP contribution is 2.37. The van der Waals surface area contributed by atoms with E-state index in [2.05, 4.69) is 65.9 Å². The Bertz CT molecular complexity index is 394. The Balaban J connectivity index is 2.18. The first-order valence-corrected chi connectivity index (χ1v) is 8.01.